The van der Waals surface area contributed by atoms with E-state index in [1.807, 2.05) is 13.2 Å². The summed E-state index contributed by atoms with van der Waals surface area (Å²) >= 11 is 0. The summed E-state index contributed by atoms with van der Waals surface area (Å²) in [7, 11) is 1.82. The van der Waals surface area contributed by atoms with Gasteiger partial charge in [0.15, 0.2) is 5.96 Å². The number of nitrogens with zero attached hydrogens (tertiary/aromatic N) is 1. The first-order valence-electron chi connectivity index (χ1n) is 10.1. The average Bonchev–Trinajstić information content (AvgIpc) is 3.22. The van der Waals surface area contributed by atoms with Crippen molar-refractivity contribution in [2.45, 2.75) is 44.2 Å². The number of fused-ring (bicyclic) bond motifs is 3. The van der Waals surface area contributed by atoms with Crippen molar-refractivity contribution >= 4 is 40.8 Å². The number of hydrogen-bond acceptors (Lipinski definition) is 2. The molecule has 0 bridgehead atoms. The Labute approximate surface area is 181 Å². The molecule has 5 rings (SSSR count). The second kappa shape index (κ2) is 7.82. The highest BCUT2D eigenvalue weighted by Gasteiger charge is 2.66. The normalized spacial score (nSPS) is 27.6. The molecule has 2 saturated carbocycles. The van der Waals surface area contributed by atoms with Gasteiger partial charge in [0.25, 0.3) is 0 Å². The fourth-order valence-corrected chi connectivity index (χ4v) is 5.47. The quantitative estimate of drug-likeness (QED) is 0.343. The SMILES string of the molecule is CN=C(NCCc1c[nH]c2ccc(F)cc12)NC1C2CCOC2C12CCC2.I. The molecule has 1 saturated heterocycles. The Bertz CT molecular complexity index is 878. The fraction of sp³-hybridized carbons (Fsp3) is 0.571. The van der Waals surface area contributed by atoms with Crippen LogP contribution in [0.3, 0.4) is 0 Å². The number of halogens is 2. The summed E-state index contributed by atoms with van der Waals surface area (Å²) in [5.41, 5.74) is 2.44. The highest BCUT2D eigenvalue weighted by atomic mass is 127. The maximum Gasteiger partial charge on any atom is 0.191 e. The second-order valence-corrected chi connectivity index (χ2v) is 8.21. The zero-order chi connectivity index (χ0) is 18.4. The molecule has 152 valence electrons. The van der Waals surface area contributed by atoms with E-state index < -0.39 is 0 Å². The Kier molecular flexibility index (Phi) is 5.57. The number of aromatic nitrogens is 1. The molecule has 2 heterocycles. The van der Waals surface area contributed by atoms with Gasteiger partial charge in [0, 0.05) is 54.7 Å². The molecule has 1 spiro atoms. The number of ether oxygens (including phenoxy) is 1. The average molecular weight is 498 g/mol. The van der Waals surface area contributed by atoms with Gasteiger partial charge in [-0.2, -0.15) is 0 Å². The lowest BCUT2D eigenvalue weighted by Crippen LogP contribution is -2.72. The highest BCUT2D eigenvalue weighted by molar-refractivity contribution is 14.0. The van der Waals surface area contributed by atoms with Crippen molar-refractivity contribution < 1.29 is 9.13 Å². The lowest BCUT2D eigenvalue weighted by molar-refractivity contribution is -0.171. The van der Waals surface area contributed by atoms with Crippen LogP contribution in [0.15, 0.2) is 29.4 Å². The number of guanidine groups is 1. The molecule has 28 heavy (non-hydrogen) atoms. The van der Waals surface area contributed by atoms with Crippen molar-refractivity contribution in [1.29, 1.82) is 0 Å². The molecule has 3 atom stereocenters. The molecule has 0 amide bonds. The van der Waals surface area contributed by atoms with Crippen molar-refractivity contribution in [2.75, 3.05) is 20.2 Å². The van der Waals surface area contributed by atoms with Crippen molar-refractivity contribution in [1.82, 2.24) is 15.6 Å². The van der Waals surface area contributed by atoms with Gasteiger partial charge in [-0.05, 0) is 49.4 Å². The number of aliphatic imine (C=N–C) groups is 1. The first kappa shape index (κ1) is 19.9. The maximum atomic E-state index is 13.5. The van der Waals surface area contributed by atoms with Gasteiger partial charge >= 0.3 is 0 Å². The summed E-state index contributed by atoms with van der Waals surface area (Å²) in [6.07, 6.45) is 8.25. The van der Waals surface area contributed by atoms with E-state index in [-0.39, 0.29) is 29.8 Å². The van der Waals surface area contributed by atoms with Crippen molar-refractivity contribution in [3.8, 4) is 0 Å². The van der Waals surface area contributed by atoms with Gasteiger partial charge in [-0.3, -0.25) is 4.99 Å². The highest BCUT2D eigenvalue weighted by Crippen LogP contribution is 2.62. The molecule has 1 aromatic carbocycles. The van der Waals surface area contributed by atoms with Crippen LogP contribution < -0.4 is 10.6 Å². The number of rotatable bonds is 4. The Balaban J connectivity index is 0.00000192. The van der Waals surface area contributed by atoms with Gasteiger partial charge in [0.1, 0.15) is 5.82 Å². The zero-order valence-corrected chi connectivity index (χ0v) is 18.5. The molecule has 3 fully saturated rings. The smallest absolute Gasteiger partial charge is 0.191 e. The van der Waals surface area contributed by atoms with Crippen LogP contribution in [-0.4, -0.2) is 43.3 Å². The monoisotopic (exact) mass is 498 g/mol. The van der Waals surface area contributed by atoms with Crippen molar-refractivity contribution in [3.63, 3.8) is 0 Å². The van der Waals surface area contributed by atoms with E-state index in [2.05, 4.69) is 20.6 Å². The van der Waals surface area contributed by atoms with Gasteiger partial charge in [0.05, 0.1) is 6.10 Å². The van der Waals surface area contributed by atoms with Crippen LogP contribution in [0.4, 0.5) is 4.39 Å². The summed E-state index contributed by atoms with van der Waals surface area (Å²) in [6, 6.07) is 5.36. The Morgan fingerprint density at radius 2 is 2.25 bits per heavy atom. The van der Waals surface area contributed by atoms with Crippen LogP contribution in [0.25, 0.3) is 10.9 Å². The molecule has 1 aliphatic heterocycles. The van der Waals surface area contributed by atoms with E-state index in [1.54, 1.807) is 12.1 Å². The minimum Gasteiger partial charge on any atom is -0.377 e. The maximum absolute atomic E-state index is 13.5. The van der Waals surface area contributed by atoms with Crippen molar-refractivity contribution in [3.05, 3.63) is 35.8 Å². The van der Waals surface area contributed by atoms with Gasteiger partial charge in [-0.15, -0.1) is 24.0 Å². The van der Waals surface area contributed by atoms with E-state index in [0.29, 0.717) is 23.5 Å². The summed E-state index contributed by atoms with van der Waals surface area (Å²) in [6.45, 7) is 1.66. The third kappa shape index (κ3) is 3.10. The van der Waals surface area contributed by atoms with Crippen LogP contribution in [-0.2, 0) is 11.2 Å². The molecular weight excluding hydrogens is 470 g/mol. The van der Waals surface area contributed by atoms with Gasteiger partial charge in [0.2, 0.25) is 0 Å². The van der Waals surface area contributed by atoms with Crippen LogP contribution in [0, 0.1) is 17.2 Å². The number of benzene rings is 1. The Morgan fingerprint density at radius 1 is 1.39 bits per heavy atom. The fourth-order valence-electron chi connectivity index (χ4n) is 5.47. The standard InChI is InChI=1S/C21H27FN4O.HI/c1-23-20(26-18-15-6-10-27-19(15)21(18)7-2-8-21)24-9-5-13-12-25-17-4-3-14(22)11-16(13)17;/h3-4,11-12,15,18-19,25H,2,5-10H2,1H3,(H2,23,24,26);1H. The lowest BCUT2D eigenvalue weighted by Gasteiger charge is -2.63. The molecule has 2 aromatic rings. The van der Waals surface area contributed by atoms with E-state index in [0.717, 1.165) is 48.4 Å². The third-order valence-electron chi connectivity index (χ3n) is 6.97. The number of H-pyrrole nitrogens is 1. The topological polar surface area (TPSA) is 61.4 Å². The molecule has 5 nitrogen and oxygen atoms in total. The van der Waals surface area contributed by atoms with E-state index >= 15 is 0 Å². The number of hydrogen-bond donors (Lipinski definition) is 3. The summed E-state index contributed by atoms with van der Waals surface area (Å²) in [5.74, 6) is 1.29. The minimum absolute atomic E-state index is 0. The van der Waals surface area contributed by atoms with E-state index in [9.17, 15) is 4.39 Å². The molecule has 2 aliphatic carbocycles. The summed E-state index contributed by atoms with van der Waals surface area (Å²) in [5, 5.41) is 8.08. The molecule has 1 aromatic heterocycles. The summed E-state index contributed by atoms with van der Waals surface area (Å²) < 4.78 is 19.5. The largest absolute Gasteiger partial charge is 0.377 e. The first-order chi connectivity index (χ1) is 13.2. The second-order valence-electron chi connectivity index (χ2n) is 8.21. The molecular formula is C21H28FIN4O. The van der Waals surface area contributed by atoms with Crippen molar-refractivity contribution in [2.24, 2.45) is 16.3 Å². The molecule has 3 N–H and O–H groups in total. The molecule has 3 aliphatic rings. The van der Waals surface area contributed by atoms with Gasteiger partial charge in [-0.25, -0.2) is 4.39 Å². The Hall–Kier alpha value is -1.35. The third-order valence-corrected chi connectivity index (χ3v) is 6.97. The van der Waals surface area contributed by atoms with Gasteiger partial charge < -0.3 is 20.4 Å². The predicted octanol–water partition coefficient (Wildman–Crippen LogP) is 3.59. The summed E-state index contributed by atoms with van der Waals surface area (Å²) in [4.78, 5) is 7.64. The van der Waals surface area contributed by atoms with E-state index in [1.165, 1.54) is 25.3 Å². The Morgan fingerprint density at radius 3 is 3.00 bits per heavy atom. The molecule has 3 unspecified atom stereocenters. The van der Waals surface area contributed by atoms with Gasteiger partial charge in [-0.1, -0.05) is 6.42 Å². The zero-order valence-electron chi connectivity index (χ0n) is 16.1. The molecule has 7 heteroatoms. The number of nitrogens with one attached hydrogen (secondary N) is 3. The minimum atomic E-state index is -0.196. The first-order valence-corrected chi connectivity index (χ1v) is 10.1. The number of aromatic amines is 1. The van der Waals surface area contributed by atoms with Crippen LogP contribution >= 0.6 is 24.0 Å². The van der Waals surface area contributed by atoms with Crippen LogP contribution in [0.1, 0.15) is 31.2 Å². The van der Waals surface area contributed by atoms with Crippen LogP contribution in [0.2, 0.25) is 0 Å². The molecule has 0 radical (unpaired) electrons. The van der Waals surface area contributed by atoms with Crippen LogP contribution in [0.5, 0.6) is 0 Å². The van der Waals surface area contributed by atoms with E-state index in [4.69, 9.17) is 4.74 Å². The lowest BCUT2D eigenvalue weighted by atomic mass is 9.46. The predicted molar refractivity (Wildman–Crippen MR) is 120 cm³/mol.